The van der Waals surface area contributed by atoms with Gasteiger partial charge in [-0.2, -0.15) is 16.9 Å². The van der Waals surface area contributed by atoms with Crippen LogP contribution in [0.4, 0.5) is 0 Å². The van der Waals surface area contributed by atoms with Crippen LogP contribution in [0.25, 0.3) is 0 Å². The van der Waals surface area contributed by atoms with Gasteiger partial charge in [0.05, 0.1) is 23.0 Å². The third-order valence-electron chi connectivity index (χ3n) is 3.63. The molecule has 1 aliphatic heterocycles. The Morgan fingerprint density at radius 3 is 3.00 bits per heavy atom. The zero-order valence-corrected chi connectivity index (χ0v) is 13.4. The molecule has 5 heteroatoms. The van der Waals surface area contributed by atoms with Gasteiger partial charge >= 0.3 is 0 Å². The van der Waals surface area contributed by atoms with Gasteiger partial charge in [0.15, 0.2) is 0 Å². The van der Waals surface area contributed by atoms with Crippen LogP contribution < -0.4 is 5.32 Å². The first-order chi connectivity index (χ1) is 9.27. The van der Waals surface area contributed by atoms with Crippen LogP contribution in [0, 0.1) is 0 Å². The van der Waals surface area contributed by atoms with Crippen molar-refractivity contribution in [2.45, 2.75) is 57.4 Å². The molecule has 108 valence electrons. The molecule has 1 N–H and O–H groups in total. The van der Waals surface area contributed by atoms with Crippen LogP contribution in [-0.4, -0.2) is 27.3 Å². The summed E-state index contributed by atoms with van der Waals surface area (Å²) in [5.41, 5.74) is 1.18. The van der Waals surface area contributed by atoms with Gasteiger partial charge in [0.1, 0.15) is 0 Å². The summed E-state index contributed by atoms with van der Waals surface area (Å²) in [5, 5.41) is 9.52. The monoisotopic (exact) mass is 301 g/mol. The number of nitrogens with one attached hydrogen (secondary N) is 1. The van der Waals surface area contributed by atoms with E-state index in [1.165, 1.54) is 30.7 Å². The maximum atomic E-state index is 6.38. The highest BCUT2D eigenvalue weighted by Crippen LogP contribution is 2.37. The zero-order chi connectivity index (χ0) is 13.7. The summed E-state index contributed by atoms with van der Waals surface area (Å²) >= 11 is 8.47. The molecule has 1 aromatic rings. The molecule has 1 fully saturated rings. The second kappa shape index (κ2) is 7.55. The van der Waals surface area contributed by atoms with Gasteiger partial charge < -0.3 is 5.32 Å². The van der Waals surface area contributed by atoms with Crippen molar-refractivity contribution < 1.29 is 0 Å². The summed E-state index contributed by atoms with van der Waals surface area (Å²) in [6.07, 6.45) is 6.89. The molecule has 1 aromatic heterocycles. The topological polar surface area (TPSA) is 29.9 Å². The number of aromatic nitrogens is 2. The van der Waals surface area contributed by atoms with Crippen LogP contribution in [0.5, 0.6) is 0 Å². The fourth-order valence-electron chi connectivity index (χ4n) is 2.67. The molecule has 0 saturated carbocycles. The van der Waals surface area contributed by atoms with Gasteiger partial charge in [-0.05, 0) is 38.5 Å². The molecular formula is C14H24ClN3S. The van der Waals surface area contributed by atoms with Crippen LogP contribution in [0.3, 0.4) is 0 Å². The average Bonchev–Trinajstić information content (AvgIpc) is 2.82. The molecule has 2 unspecified atom stereocenters. The third kappa shape index (κ3) is 3.67. The summed E-state index contributed by atoms with van der Waals surface area (Å²) in [5.74, 6) is 1.27. The molecular weight excluding hydrogens is 278 g/mol. The minimum Gasteiger partial charge on any atom is -0.308 e. The fourth-order valence-corrected chi connectivity index (χ4v) is 4.35. The number of hydrogen-bond donors (Lipinski definition) is 1. The van der Waals surface area contributed by atoms with Gasteiger partial charge in [-0.15, -0.1) is 0 Å². The minimum atomic E-state index is 0.334. The first kappa shape index (κ1) is 15.2. The maximum Gasteiger partial charge on any atom is 0.0834 e. The van der Waals surface area contributed by atoms with Crippen LogP contribution >= 0.6 is 23.4 Å². The summed E-state index contributed by atoms with van der Waals surface area (Å²) in [4.78, 5) is 0. The molecule has 2 heterocycles. The maximum absolute atomic E-state index is 6.38. The molecule has 1 saturated heterocycles. The van der Waals surface area contributed by atoms with Crippen molar-refractivity contribution in [1.29, 1.82) is 0 Å². The second-order valence-electron chi connectivity index (χ2n) is 5.03. The molecule has 0 spiro atoms. The van der Waals surface area contributed by atoms with E-state index < -0.39 is 0 Å². The highest BCUT2D eigenvalue weighted by Gasteiger charge is 2.29. The van der Waals surface area contributed by atoms with E-state index in [0.29, 0.717) is 11.3 Å². The van der Waals surface area contributed by atoms with E-state index in [4.69, 9.17) is 11.6 Å². The van der Waals surface area contributed by atoms with Crippen molar-refractivity contribution in [2.24, 2.45) is 0 Å². The molecule has 1 aliphatic rings. The first-order valence-corrected chi connectivity index (χ1v) is 8.76. The molecule has 0 aromatic carbocycles. The van der Waals surface area contributed by atoms with Crippen LogP contribution in [0.2, 0.25) is 5.02 Å². The highest BCUT2D eigenvalue weighted by molar-refractivity contribution is 8.00. The molecule has 2 atom stereocenters. The molecule has 0 amide bonds. The van der Waals surface area contributed by atoms with E-state index >= 15 is 0 Å². The van der Waals surface area contributed by atoms with Gasteiger partial charge in [0, 0.05) is 11.8 Å². The number of halogens is 1. The van der Waals surface area contributed by atoms with E-state index in [2.05, 4.69) is 36.0 Å². The van der Waals surface area contributed by atoms with E-state index in [1.54, 1.807) is 6.20 Å². The Bertz CT molecular complexity index is 388. The Balaban J connectivity index is 2.22. The van der Waals surface area contributed by atoms with Crippen LogP contribution in [0.15, 0.2) is 6.20 Å². The smallest absolute Gasteiger partial charge is 0.0834 e. The Kier molecular flexibility index (Phi) is 6.05. The lowest BCUT2D eigenvalue weighted by molar-refractivity contribution is 0.444. The van der Waals surface area contributed by atoms with E-state index in [0.717, 1.165) is 24.5 Å². The highest BCUT2D eigenvalue weighted by atomic mass is 35.5. The van der Waals surface area contributed by atoms with Gasteiger partial charge in [-0.3, -0.25) is 4.68 Å². The number of rotatable bonds is 6. The van der Waals surface area contributed by atoms with Crippen molar-refractivity contribution in [3.8, 4) is 0 Å². The summed E-state index contributed by atoms with van der Waals surface area (Å²) in [7, 11) is 0. The zero-order valence-electron chi connectivity index (χ0n) is 11.9. The Morgan fingerprint density at radius 2 is 2.37 bits per heavy atom. The van der Waals surface area contributed by atoms with Crippen LogP contribution in [0.1, 0.15) is 51.3 Å². The van der Waals surface area contributed by atoms with Crippen LogP contribution in [-0.2, 0) is 6.54 Å². The average molecular weight is 302 g/mol. The van der Waals surface area contributed by atoms with Crippen molar-refractivity contribution >= 4 is 23.4 Å². The van der Waals surface area contributed by atoms with Crippen molar-refractivity contribution in [2.75, 3.05) is 12.3 Å². The summed E-state index contributed by atoms with van der Waals surface area (Å²) in [6, 6.07) is 0.334. The largest absolute Gasteiger partial charge is 0.308 e. The van der Waals surface area contributed by atoms with Crippen molar-refractivity contribution in [3.05, 3.63) is 16.9 Å². The lowest BCUT2D eigenvalue weighted by atomic mass is 10.0. The van der Waals surface area contributed by atoms with Crippen molar-refractivity contribution in [1.82, 2.24) is 15.1 Å². The molecule has 0 aliphatic carbocycles. The van der Waals surface area contributed by atoms with Gasteiger partial charge in [0.2, 0.25) is 0 Å². The molecule has 2 rings (SSSR count). The normalized spacial score (nSPS) is 21.5. The van der Waals surface area contributed by atoms with Gasteiger partial charge in [-0.1, -0.05) is 24.9 Å². The number of aryl methyl sites for hydroxylation is 1. The third-order valence-corrected chi connectivity index (χ3v) is 5.38. The van der Waals surface area contributed by atoms with Gasteiger partial charge in [0.25, 0.3) is 0 Å². The molecule has 0 bridgehead atoms. The lowest BCUT2D eigenvalue weighted by Gasteiger charge is -2.31. The predicted molar refractivity (Wildman–Crippen MR) is 84.0 cm³/mol. The number of hydrogen-bond acceptors (Lipinski definition) is 3. The number of nitrogens with zero attached hydrogens (tertiary/aromatic N) is 2. The van der Waals surface area contributed by atoms with Crippen molar-refractivity contribution in [3.63, 3.8) is 0 Å². The number of thioether (sulfide) groups is 1. The standard InChI is InChI=1S/C14H24ClN3S/c1-3-8-16-13(12-7-5-6-9-19-12)14-11(15)10-17-18(14)4-2/h10,12-13,16H,3-9H2,1-2H3. The second-order valence-corrected chi connectivity index (χ2v) is 6.78. The predicted octanol–water partition coefficient (Wildman–Crippen LogP) is 3.88. The van der Waals surface area contributed by atoms with E-state index in [1.807, 2.05) is 4.68 Å². The lowest BCUT2D eigenvalue weighted by Crippen LogP contribution is -2.34. The molecule has 0 radical (unpaired) electrons. The summed E-state index contributed by atoms with van der Waals surface area (Å²) in [6.45, 7) is 6.24. The van der Waals surface area contributed by atoms with E-state index in [9.17, 15) is 0 Å². The first-order valence-electron chi connectivity index (χ1n) is 7.34. The minimum absolute atomic E-state index is 0.334. The summed E-state index contributed by atoms with van der Waals surface area (Å²) < 4.78 is 2.05. The van der Waals surface area contributed by atoms with Gasteiger partial charge in [-0.25, -0.2) is 0 Å². The quantitative estimate of drug-likeness (QED) is 0.864. The Morgan fingerprint density at radius 1 is 1.53 bits per heavy atom. The molecule has 19 heavy (non-hydrogen) atoms. The molecule has 3 nitrogen and oxygen atoms in total. The van der Waals surface area contributed by atoms with E-state index in [-0.39, 0.29) is 0 Å². The SMILES string of the molecule is CCCNC(c1c(Cl)cnn1CC)C1CCCCS1. The fraction of sp³-hybridized carbons (Fsp3) is 0.786. The Labute approximate surface area is 125 Å². The Hall–Kier alpha value is -0.190.